The zero-order chi connectivity index (χ0) is 24.6. The van der Waals surface area contributed by atoms with Crippen LogP contribution in [0, 0.1) is 0 Å². The first kappa shape index (κ1) is 24.0. The van der Waals surface area contributed by atoms with Crippen molar-refractivity contribution < 1.29 is 19.1 Å². The van der Waals surface area contributed by atoms with Crippen LogP contribution in [-0.2, 0) is 11.2 Å². The second kappa shape index (κ2) is 11.3. The van der Waals surface area contributed by atoms with Gasteiger partial charge in [-0.25, -0.2) is 0 Å². The molecule has 8 nitrogen and oxygen atoms in total. The fraction of sp³-hybridized carbons (Fsp3) is 0.154. The van der Waals surface area contributed by atoms with E-state index in [-0.39, 0.29) is 23.9 Å². The number of nitrogens with zero attached hydrogens (tertiary/aromatic N) is 3. The number of aromatic nitrogens is 3. The van der Waals surface area contributed by atoms with Crippen molar-refractivity contribution in [1.82, 2.24) is 14.8 Å². The monoisotopic (exact) mass is 488 g/mol. The van der Waals surface area contributed by atoms with Gasteiger partial charge in [0.2, 0.25) is 5.91 Å². The van der Waals surface area contributed by atoms with Gasteiger partial charge in [-0.3, -0.25) is 14.2 Å². The number of ketones is 1. The highest BCUT2D eigenvalue weighted by molar-refractivity contribution is 7.99. The van der Waals surface area contributed by atoms with Crippen LogP contribution in [0.5, 0.6) is 11.5 Å². The Morgan fingerprint density at radius 1 is 0.886 bits per heavy atom. The van der Waals surface area contributed by atoms with Gasteiger partial charge in [0.1, 0.15) is 17.3 Å². The fourth-order valence-corrected chi connectivity index (χ4v) is 4.25. The largest absolute Gasteiger partial charge is 0.497 e. The first-order chi connectivity index (χ1) is 17.1. The lowest BCUT2D eigenvalue weighted by Crippen LogP contribution is -2.17. The molecule has 1 amide bonds. The van der Waals surface area contributed by atoms with Crippen LogP contribution in [0.15, 0.2) is 84.0 Å². The van der Waals surface area contributed by atoms with Gasteiger partial charge in [0.25, 0.3) is 0 Å². The number of anilines is 1. The maximum Gasteiger partial charge on any atom is 0.232 e. The summed E-state index contributed by atoms with van der Waals surface area (Å²) in [6.45, 7) is 0. The van der Waals surface area contributed by atoms with E-state index in [4.69, 9.17) is 9.47 Å². The van der Waals surface area contributed by atoms with Gasteiger partial charge >= 0.3 is 0 Å². The highest BCUT2D eigenvalue weighted by atomic mass is 32.2. The number of methoxy groups -OCH3 is 2. The third-order valence-corrected chi connectivity index (χ3v) is 6.06. The molecule has 0 unspecified atom stereocenters. The van der Waals surface area contributed by atoms with E-state index in [1.165, 1.54) is 11.8 Å². The summed E-state index contributed by atoms with van der Waals surface area (Å²) in [4.78, 5) is 25.5. The molecule has 1 N–H and O–H groups in total. The molecule has 0 spiro atoms. The number of ether oxygens (including phenoxy) is 2. The minimum Gasteiger partial charge on any atom is -0.497 e. The average molecular weight is 489 g/mol. The molecule has 0 aliphatic heterocycles. The molecule has 0 bridgehead atoms. The molecule has 4 aromatic rings. The fourth-order valence-electron chi connectivity index (χ4n) is 3.38. The Morgan fingerprint density at radius 3 is 2.34 bits per heavy atom. The molecule has 9 heteroatoms. The molecule has 3 aromatic carbocycles. The number of amides is 1. The summed E-state index contributed by atoms with van der Waals surface area (Å²) in [5.41, 5.74) is 2.02. The SMILES string of the molecule is COc1ccc(C(=O)CSc2nnc(CC(=O)Nc3cccc(OC)c3)n2-c2ccccc2)cc1. The predicted octanol–water partition coefficient (Wildman–Crippen LogP) is 4.44. The Hall–Kier alpha value is -4.11. The Bertz CT molecular complexity index is 1310. The van der Waals surface area contributed by atoms with Gasteiger partial charge in [-0.2, -0.15) is 0 Å². The van der Waals surface area contributed by atoms with Gasteiger partial charge in [0, 0.05) is 23.0 Å². The molecule has 0 aliphatic rings. The average Bonchev–Trinajstić information content (AvgIpc) is 3.29. The third-order valence-electron chi connectivity index (χ3n) is 5.13. The van der Waals surface area contributed by atoms with Crippen molar-refractivity contribution in [3.05, 3.63) is 90.3 Å². The van der Waals surface area contributed by atoms with Crippen LogP contribution < -0.4 is 14.8 Å². The van der Waals surface area contributed by atoms with Gasteiger partial charge in [0.15, 0.2) is 10.9 Å². The summed E-state index contributed by atoms with van der Waals surface area (Å²) >= 11 is 1.27. The highest BCUT2D eigenvalue weighted by Crippen LogP contribution is 2.24. The Morgan fingerprint density at radius 2 is 1.63 bits per heavy atom. The van der Waals surface area contributed by atoms with Crippen molar-refractivity contribution in [2.24, 2.45) is 0 Å². The lowest BCUT2D eigenvalue weighted by Gasteiger charge is -2.11. The van der Waals surface area contributed by atoms with Crippen molar-refractivity contribution in [3.63, 3.8) is 0 Å². The minimum absolute atomic E-state index is 0.00604. The van der Waals surface area contributed by atoms with Crippen molar-refractivity contribution in [2.75, 3.05) is 25.3 Å². The van der Waals surface area contributed by atoms with E-state index in [2.05, 4.69) is 15.5 Å². The molecule has 0 aliphatic carbocycles. The second-order valence-electron chi connectivity index (χ2n) is 7.47. The molecule has 0 fully saturated rings. The summed E-state index contributed by atoms with van der Waals surface area (Å²) in [6, 6.07) is 23.6. The number of hydrogen-bond donors (Lipinski definition) is 1. The molecule has 35 heavy (non-hydrogen) atoms. The maximum atomic E-state index is 12.8. The third kappa shape index (κ3) is 6.07. The first-order valence-corrected chi connectivity index (χ1v) is 11.8. The van der Waals surface area contributed by atoms with Gasteiger partial charge in [-0.1, -0.05) is 36.0 Å². The van der Waals surface area contributed by atoms with Crippen molar-refractivity contribution in [3.8, 4) is 17.2 Å². The summed E-state index contributed by atoms with van der Waals surface area (Å²) in [5.74, 6) is 1.69. The number of Topliss-reactive ketones (excluding diaryl/α,β-unsaturated/α-hetero) is 1. The molecule has 4 rings (SSSR count). The molecule has 0 saturated heterocycles. The molecule has 0 saturated carbocycles. The highest BCUT2D eigenvalue weighted by Gasteiger charge is 2.19. The molecule has 1 heterocycles. The van der Waals surface area contributed by atoms with Gasteiger partial charge in [-0.15, -0.1) is 10.2 Å². The number of thioether (sulfide) groups is 1. The van der Waals surface area contributed by atoms with E-state index in [1.807, 2.05) is 30.3 Å². The van der Waals surface area contributed by atoms with Gasteiger partial charge < -0.3 is 14.8 Å². The molecular weight excluding hydrogens is 464 g/mol. The molecule has 1 aromatic heterocycles. The Kier molecular flexibility index (Phi) is 7.79. The zero-order valence-electron chi connectivity index (χ0n) is 19.3. The smallest absolute Gasteiger partial charge is 0.232 e. The summed E-state index contributed by atoms with van der Waals surface area (Å²) in [7, 11) is 3.15. The minimum atomic E-state index is -0.242. The van der Waals surface area contributed by atoms with Crippen molar-refractivity contribution in [2.45, 2.75) is 11.6 Å². The molecule has 0 atom stereocenters. The summed E-state index contributed by atoms with van der Waals surface area (Å²) in [6.07, 6.45) is 0.00604. The van der Waals surface area contributed by atoms with Gasteiger partial charge in [0.05, 0.1) is 26.4 Å². The van der Waals surface area contributed by atoms with Crippen LogP contribution >= 0.6 is 11.8 Å². The van der Waals surface area contributed by atoms with Crippen LogP contribution in [0.25, 0.3) is 5.69 Å². The van der Waals surface area contributed by atoms with Crippen molar-refractivity contribution in [1.29, 1.82) is 0 Å². The number of hydrogen-bond acceptors (Lipinski definition) is 7. The van der Waals surface area contributed by atoms with E-state index >= 15 is 0 Å². The number of rotatable bonds is 10. The number of benzene rings is 3. The van der Waals surface area contributed by atoms with Crippen LogP contribution in [-0.4, -0.2) is 46.4 Å². The number of nitrogens with one attached hydrogen (secondary N) is 1. The number of carbonyl (C=O) groups is 2. The van der Waals surface area contributed by atoms with Crippen LogP contribution in [0.2, 0.25) is 0 Å². The molecule has 0 radical (unpaired) electrons. The lowest BCUT2D eigenvalue weighted by atomic mass is 10.1. The summed E-state index contributed by atoms with van der Waals surface area (Å²) in [5, 5.41) is 11.9. The van der Waals surface area contributed by atoms with E-state index in [9.17, 15) is 9.59 Å². The van der Waals surface area contributed by atoms with Crippen LogP contribution in [0.3, 0.4) is 0 Å². The van der Waals surface area contributed by atoms with E-state index in [1.54, 1.807) is 67.3 Å². The Balaban J connectivity index is 1.51. The lowest BCUT2D eigenvalue weighted by molar-refractivity contribution is -0.115. The zero-order valence-corrected chi connectivity index (χ0v) is 20.1. The molecular formula is C26H24N4O4S. The second-order valence-corrected chi connectivity index (χ2v) is 8.41. The normalized spacial score (nSPS) is 10.6. The van der Waals surface area contributed by atoms with Gasteiger partial charge in [-0.05, 0) is 48.5 Å². The van der Waals surface area contributed by atoms with Crippen molar-refractivity contribution >= 4 is 29.1 Å². The predicted molar refractivity (Wildman–Crippen MR) is 135 cm³/mol. The topological polar surface area (TPSA) is 95.3 Å². The van der Waals surface area contributed by atoms with Crippen LogP contribution in [0.1, 0.15) is 16.2 Å². The quantitative estimate of drug-likeness (QED) is 0.260. The van der Waals surface area contributed by atoms with Crippen LogP contribution in [0.4, 0.5) is 5.69 Å². The van der Waals surface area contributed by atoms with E-state index in [0.29, 0.717) is 33.7 Å². The first-order valence-electron chi connectivity index (χ1n) is 10.8. The Labute approximate surface area is 207 Å². The van der Waals surface area contributed by atoms with E-state index < -0.39 is 0 Å². The standard InChI is InChI=1S/C26H24N4O4S/c1-33-21-13-11-18(12-14-21)23(31)17-35-26-29-28-24(30(26)20-8-4-3-5-9-20)16-25(32)27-19-7-6-10-22(15-19)34-2/h3-15H,16-17H2,1-2H3,(H,27,32). The number of carbonyl (C=O) groups excluding carboxylic acids is 2. The van der Waals surface area contributed by atoms with E-state index in [0.717, 1.165) is 5.69 Å². The summed E-state index contributed by atoms with van der Waals surface area (Å²) < 4.78 is 12.2. The maximum absolute atomic E-state index is 12.8. The molecule has 178 valence electrons. The number of para-hydroxylation sites is 1.